The van der Waals surface area contributed by atoms with Crippen molar-refractivity contribution in [3.05, 3.63) is 65.5 Å². The van der Waals surface area contributed by atoms with Crippen LogP contribution in [0.5, 0.6) is 0 Å². The maximum absolute atomic E-state index is 5.28. The first kappa shape index (κ1) is 13.4. The molecule has 2 aromatic carbocycles. The first-order valence-electron chi connectivity index (χ1n) is 6.91. The molecule has 0 radical (unpaired) electrons. The van der Waals surface area contributed by atoms with E-state index in [4.69, 9.17) is 4.52 Å². The molecule has 4 heteroatoms. The lowest BCUT2D eigenvalue weighted by atomic mass is 10.1. The third kappa shape index (κ3) is 3.28. The molecular formula is C17H17N3O. The minimum atomic E-state index is 0.517. The van der Waals surface area contributed by atoms with Gasteiger partial charge in [-0.2, -0.15) is 4.98 Å². The van der Waals surface area contributed by atoms with Gasteiger partial charge in [0.25, 0.3) is 0 Å². The molecule has 4 nitrogen and oxygen atoms in total. The second-order valence-electron chi connectivity index (χ2n) is 5.11. The lowest BCUT2D eigenvalue weighted by Crippen LogP contribution is -2.00. The molecule has 21 heavy (non-hydrogen) atoms. The van der Waals surface area contributed by atoms with Crippen LogP contribution >= 0.6 is 0 Å². The van der Waals surface area contributed by atoms with E-state index in [1.807, 2.05) is 30.3 Å². The van der Waals surface area contributed by atoms with Crippen LogP contribution in [0.25, 0.3) is 11.4 Å². The van der Waals surface area contributed by atoms with E-state index in [1.54, 1.807) is 0 Å². The van der Waals surface area contributed by atoms with E-state index in [9.17, 15) is 0 Å². The number of aryl methyl sites for hydroxylation is 2. The molecule has 0 amide bonds. The first-order valence-corrected chi connectivity index (χ1v) is 6.91. The van der Waals surface area contributed by atoms with Crippen LogP contribution in [0.2, 0.25) is 0 Å². The lowest BCUT2D eigenvalue weighted by Gasteiger charge is -2.06. The van der Waals surface area contributed by atoms with Crippen LogP contribution in [-0.4, -0.2) is 10.1 Å². The number of anilines is 1. The van der Waals surface area contributed by atoms with Crippen molar-refractivity contribution in [2.45, 2.75) is 20.4 Å². The standard InChI is InChI=1S/C17H17N3O/c1-12-8-13(2)10-15(9-12)18-11-16-19-17(20-21-16)14-6-4-3-5-7-14/h3-10,18H,11H2,1-2H3. The van der Waals surface area contributed by atoms with Gasteiger partial charge in [0.2, 0.25) is 11.7 Å². The summed E-state index contributed by atoms with van der Waals surface area (Å²) < 4.78 is 5.28. The molecule has 0 aliphatic rings. The zero-order valence-corrected chi connectivity index (χ0v) is 12.1. The highest BCUT2D eigenvalue weighted by atomic mass is 16.5. The number of hydrogen-bond acceptors (Lipinski definition) is 4. The highest BCUT2D eigenvalue weighted by Gasteiger charge is 2.07. The Kier molecular flexibility index (Phi) is 3.69. The Morgan fingerprint density at radius 3 is 2.43 bits per heavy atom. The molecular weight excluding hydrogens is 262 g/mol. The van der Waals surface area contributed by atoms with Gasteiger partial charge >= 0.3 is 0 Å². The predicted molar refractivity (Wildman–Crippen MR) is 83.0 cm³/mol. The molecule has 0 spiro atoms. The van der Waals surface area contributed by atoms with Gasteiger partial charge in [-0.25, -0.2) is 0 Å². The average Bonchev–Trinajstić information content (AvgIpc) is 2.94. The fraction of sp³-hybridized carbons (Fsp3) is 0.176. The Labute approximate surface area is 123 Å². The van der Waals surface area contributed by atoms with Gasteiger partial charge in [-0.05, 0) is 37.1 Å². The van der Waals surface area contributed by atoms with Gasteiger partial charge in [0.1, 0.15) is 0 Å². The van der Waals surface area contributed by atoms with Crippen molar-refractivity contribution in [2.24, 2.45) is 0 Å². The van der Waals surface area contributed by atoms with Gasteiger partial charge < -0.3 is 9.84 Å². The van der Waals surface area contributed by atoms with E-state index in [-0.39, 0.29) is 0 Å². The van der Waals surface area contributed by atoms with Gasteiger partial charge in [0, 0.05) is 11.3 Å². The van der Waals surface area contributed by atoms with Crippen molar-refractivity contribution in [3.63, 3.8) is 0 Å². The highest BCUT2D eigenvalue weighted by Crippen LogP contribution is 2.17. The van der Waals surface area contributed by atoms with E-state index in [0.717, 1.165) is 11.3 Å². The van der Waals surface area contributed by atoms with Crippen LogP contribution in [0, 0.1) is 13.8 Å². The van der Waals surface area contributed by atoms with Crippen LogP contribution in [0.15, 0.2) is 53.1 Å². The van der Waals surface area contributed by atoms with Crippen LogP contribution in [0.4, 0.5) is 5.69 Å². The minimum Gasteiger partial charge on any atom is -0.376 e. The third-order valence-electron chi connectivity index (χ3n) is 3.17. The summed E-state index contributed by atoms with van der Waals surface area (Å²) in [6, 6.07) is 16.1. The Bertz CT molecular complexity index is 715. The molecule has 0 bridgehead atoms. The van der Waals surface area contributed by atoms with Crippen LogP contribution in [0.1, 0.15) is 17.0 Å². The van der Waals surface area contributed by atoms with Gasteiger partial charge in [-0.1, -0.05) is 41.6 Å². The largest absolute Gasteiger partial charge is 0.376 e. The topological polar surface area (TPSA) is 51.0 Å². The van der Waals surface area contributed by atoms with Crippen molar-refractivity contribution in [1.29, 1.82) is 0 Å². The van der Waals surface area contributed by atoms with Crippen molar-refractivity contribution < 1.29 is 4.52 Å². The summed E-state index contributed by atoms with van der Waals surface area (Å²) in [5.41, 5.74) is 4.48. The zero-order valence-electron chi connectivity index (χ0n) is 12.1. The monoisotopic (exact) mass is 279 g/mol. The summed E-state index contributed by atoms with van der Waals surface area (Å²) >= 11 is 0. The number of benzene rings is 2. The zero-order chi connectivity index (χ0) is 14.7. The van der Waals surface area contributed by atoms with Crippen molar-refractivity contribution in [2.75, 3.05) is 5.32 Å². The molecule has 3 aromatic rings. The van der Waals surface area contributed by atoms with Crippen molar-refractivity contribution >= 4 is 5.69 Å². The quantitative estimate of drug-likeness (QED) is 0.785. The van der Waals surface area contributed by atoms with Gasteiger partial charge in [-0.15, -0.1) is 0 Å². The predicted octanol–water partition coefficient (Wildman–Crippen LogP) is 3.97. The Morgan fingerprint density at radius 2 is 1.71 bits per heavy atom. The number of hydrogen-bond donors (Lipinski definition) is 1. The summed E-state index contributed by atoms with van der Waals surface area (Å²) in [5, 5.41) is 7.32. The van der Waals surface area contributed by atoms with E-state index < -0.39 is 0 Å². The second kappa shape index (κ2) is 5.79. The maximum Gasteiger partial charge on any atom is 0.246 e. The summed E-state index contributed by atoms with van der Waals surface area (Å²) in [6.45, 7) is 4.68. The number of aromatic nitrogens is 2. The van der Waals surface area contributed by atoms with E-state index in [0.29, 0.717) is 18.3 Å². The fourth-order valence-corrected chi connectivity index (χ4v) is 2.29. The molecule has 106 valence electrons. The number of nitrogens with zero attached hydrogens (tertiary/aromatic N) is 2. The molecule has 1 N–H and O–H groups in total. The SMILES string of the molecule is Cc1cc(C)cc(NCc2nc(-c3ccccc3)no2)c1. The Hall–Kier alpha value is -2.62. The Morgan fingerprint density at radius 1 is 1.00 bits per heavy atom. The molecule has 0 aliphatic carbocycles. The molecule has 0 saturated heterocycles. The molecule has 1 heterocycles. The van der Waals surface area contributed by atoms with Crippen molar-refractivity contribution in [1.82, 2.24) is 10.1 Å². The molecule has 0 fully saturated rings. The summed E-state index contributed by atoms with van der Waals surface area (Å²) in [5.74, 6) is 1.20. The molecule has 0 saturated carbocycles. The van der Waals surface area contributed by atoms with Crippen LogP contribution in [0.3, 0.4) is 0 Å². The molecule has 0 aliphatic heterocycles. The molecule has 3 rings (SSSR count). The number of nitrogens with one attached hydrogen (secondary N) is 1. The normalized spacial score (nSPS) is 10.6. The molecule has 1 aromatic heterocycles. The Balaban J connectivity index is 1.70. The van der Waals surface area contributed by atoms with Gasteiger partial charge in [0.15, 0.2) is 0 Å². The maximum atomic E-state index is 5.28. The minimum absolute atomic E-state index is 0.517. The summed E-state index contributed by atoms with van der Waals surface area (Å²) in [6.07, 6.45) is 0. The van der Waals surface area contributed by atoms with E-state index >= 15 is 0 Å². The molecule has 0 unspecified atom stereocenters. The third-order valence-corrected chi connectivity index (χ3v) is 3.17. The number of rotatable bonds is 4. The van der Waals surface area contributed by atoms with Gasteiger partial charge in [-0.3, -0.25) is 0 Å². The summed E-state index contributed by atoms with van der Waals surface area (Å²) in [7, 11) is 0. The van der Waals surface area contributed by atoms with Crippen molar-refractivity contribution in [3.8, 4) is 11.4 Å². The first-order chi connectivity index (χ1) is 10.2. The van der Waals surface area contributed by atoms with E-state index in [2.05, 4.69) is 47.5 Å². The average molecular weight is 279 g/mol. The van der Waals surface area contributed by atoms with Crippen LogP contribution in [-0.2, 0) is 6.54 Å². The van der Waals surface area contributed by atoms with Gasteiger partial charge in [0.05, 0.1) is 6.54 Å². The second-order valence-corrected chi connectivity index (χ2v) is 5.11. The highest BCUT2D eigenvalue weighted by molar-refractivity contribution is 5.53. The lowest BCUT2D eigenvalue weighted by molar-refractivity contribution is 0.384. The summed E-state index contributed by atoms with van der Waals surface area (Å²) in [4.78, 5) is 4.40. The molecule has 0 atom stereocenters. The fourth-order valence-electron chi connectivity index (χ4n) is 2.29. The van der Waals surface area contributed by atoms with E-state index in [1.165, 1.54) is 11.1 Å². The van der Waals surface area contributed by atoms with Crippen LogP contribution < -0.4 is 5.32 Å². The smallest absolute Gasteiger partial charge is 0.246 e.